The van der Waals surface area contributed by atoms with Gasteiger partial charge in [0.15, 0.2) is 5.11 Å². The lowest BCUT2D eigenvalue weighted by Crippen LogP contribution is -2.33. The fraction of sp³-hybridized carbons (Fsp3) is 0.346. The molecule has 1 aliphatic rings. The zero-order chi connectivity index (χ0) is 24.9. The van der Waals surface area contributed by atoms with E-state index < -0.39 is 0 Å². The van der Waals surface area contributed by atoms with E-state index in [1.807, 2.05) is 18.2 Å². The number of hydrogen-bond donors (Lipinski definition) is 2. The lowest BCUT2D eigenvalue weighted by molar-refractivity contribution is -0.116. The second kappa shape index (κ2) is 11.0. The van der Waals surface area contributed by atoms with Gasteiger partial charge in [-0.25, -0.2) is 4.39 Å². The van der Waals surface area contributed by atoms with Crippen LogP contribution in [0.15, 0.2) is 54.7 Å². The number of aromatic nitrogens is 2. The van der Waals surface area contributed by atoms with Gasteiger partial charge in [-0.15, -0.1) is 0 Å². The first-order valence-corrected chi connectivity index (χ1v) is 12.0. The fourth-order valence-corrected chi connectivity index (χ4v) is 4.95. The molecule has 184 valence electrons. The number of pyridine rings is 1. The summed E-state index contributed by atoms with van der Waals surface area (Å²) in [6.07, 6.45) is 2.00. The van der Waals surface area contributed by atoms with Gasteiger partial charge >= 0.3 is 0 Å². The summed E-state index contributed by atoms with van der Waals surface area (Å²) in [6, 6.07) is 13.5. The summed E-state index contributed by atoms with van der Waals surface area (Å²) in [6.45, 7) is 5.99. The maximum absolute atomic E-state index is 13.2. The molecule has 2 aromatic heterocycles. The number of nitrogens with zero attached hydrogens (tertiary/aromatic N) is 3. The van der Waals surface area contributed by atoms with Gasteiger partial charge in [0.2, 0.25) is 5.91 Å². The second-order valence-electron chi connectivity index (χ2n) is 8.60. The lowest BCUT2D eigenvalue weighted by Gasteiger charge is -2.28. The van der Waals surface area contributed by atoms with Crippen molar-refractivity contribution in [3.05, 3.63) is 83.2 Å². The van der Waals surface area contributed by atoms with E-state index in [2.05, 4.69) is 45.0 Å². The van der Waals surface area contributed by atoms with Gasteiger partial charge in [-0.05, 0) is 74.1 Å². The smallest absolute Gasteiger partial charge is 0.226 e. The Morgan fingerprint density at radius 2 is 1.97 bits per heavy atom. The number of halogens is 1. The number of aryl methyl sites for hydroxylation is 1. The summed E-state index contributed by atoms with van der Waals surface area (Å²) in [5, 5.41) is 6.85. The maximum atomic E-state index is 13.2. The van der Waals surface area contributed by atoms with E-state index in [1.54, 1.807) is 25.4 Å². The van der Waals surface area contributed by atoms with Crippen molar-refractivity contribution in [2.75, 3.05) is 25.6 Å². The monoisotopic (exact) mass is 495 g/mol. The zero-order valence-corrected chi connectivity index (χ0v) is 20.9. The third kappa shape index (κ3) is 5.52. The molecule has 4 rings (SSSR count). The summed E-state index contributed by atoms with van der Waals surface area (Å²) >= 11 is 5.73. The van der Waals surface area contributed by atoms with Gasteiger partial charge in [0, 0.05) is 49.9 Å². The highest BCUT2D eigenvalue weighted by atomic mass is 32.1. The van der Waals surface area contributed by atoms with Gasteiger partial charge in [0.1, 0.15) is 5.82 Å². The van der Waals surface area contributed by atoms with Crippen LogP contribution in [0.5, 0.6) is 0 Å². The Morgan fingerprint density at radius 1 is 1.20 bits per heavy atom. The average Bonchev–Trinajstić information content (AvgIpc) is 3.33. The molecule has 0 radical (unpaired) electrons. The first-order valence-electron chi connectivity index (χ1n) is 11.6. The van der Waals surface area contributed by atoms with E-state index in [-0.39, 0.29) is 30.2 Å². The SMILES string of the molecule is COCCn1c(C)cc([C@@H]2[C@@H](c3ccccn3)NC(=S)N2CCC(=O)Nc2ccc(F)cc2)c1C. The molecular formula is C26H30FN5O2S. The maximum Gasteiger partial charge on any atom is 0.226 e. The molecule has 2 atom stereocenters. The average molecular weight is 496 g/mol. The normalized spacial score (nSPS) is 17.5. The van der Waals surface area contributed by atoms with Crippen LogP contribution >= 0.6 is 12.2 Å². The van der Waals surface area contributed by atoms with Crippen LogP contribution in [0.25, 0.3) is 0 Å². The molecule has 1 aliphatic heterocycles. The molecule has 0 spiro atoms. The van der Waals surface area contributed by atoms with Crippen LogP contribution in [-0.4, -0.2) is 45.7 Å². The molecule has 35 heavy (non-hydrogen) atoms. The first-order chi connectivity index (χ1) is 16.9. The molecule has 7 nitrogen and oxygen atoms in total. The van der Waals surface area contributed by atoms with Crippen LogP contribution in [0.3, 0.4) is 0 Å². The largest absolute Gasteiger partial charge is 0.383 e. The van der Waals surface area contributed by atoms with Gasteiger partial charge in [-0.1, -0.05) is 6.07 Å². The highest BCUT2D eigenvalue weighted by Crippen LogP contribution is 2.40. The quantitative estimate of drug-likeness (QED) is 0.432. The van der Waals surface area contributed by atoms with Crippen molar-refractivity contribution in [3.8, 4) is 0 Å². The van der Waals surface area contributed by atoms with Gasteiger partial charge in [0.05, 0.1) is 24.4 Å². The minimum absolute atomic E-state index is 0.126. The zero-order valence-electron chi connectivity index (χ0n) is 20.1. The first kappa shape index (κ1) is 24.8. The van der Waals surface area contributed by atoms with E-state index in [9.17, 15) is 9.18 Å². The van der Waals surface area contributed by atoms with Crippen LogP contribution in [0.4, 0.5) is 10.1 Å². The summed E-state index contributed by atoms with van der Waals surface area (Å²) in [4.78, 5) is 19.3. The van der Waals surface area contributed by atoms with Crippen molar-refractivity contribution in [3.63, 3.8) is 0 Å². The van der Waals surface area contributed by atoms with E-state index >= 15 is 0 Å². The Hall–Kier alpha value is -3.30. The number of rotatable bonds is 9. The molecule has 3 heterocycles. The number of methoxy groups -OCH3 is 1. The Balaban J connectivity index is 1.59. The Labute approximate surface area is 210 Å². The number of benzene rings is 1. The number of carbonyl (C=O) groups is 1. The van der Waals surface area contributed by atoms with Crippen LogP contribution < -0.4 is 10.6 Å². The molecule has 2 N–H and O–H groups in total. The van der Waals surface area contributed by atoms with Crippen molar-refractivity contribution in [2.24, 2.45) is 0 Å². The van der Waals surface area contributed by atoms with Crippen LogP contribution in [0.1, 0.15) is 41.1 Å². The van der Waals surface area contributed by atoms with Gasteiger partial charge in [-0.2, -0.15) is 0 Å². The summed E-state index contributed by atoms with van der Waals surface area (Å²) in [7, 11) is 1.70. The van der Waals surface area contributed by atoms with Crippen molar-refractivity contribution >= 4 is 28.9 Å². The van der Waals surface area contributed by atoms with Crippen LogP contribution in [0, 0.1) is 19.7 Å². The number of ether oxygens (including phenoxy) is 1. The molecule has 0 bridgehead atoms. The van der Waals surface area contributed by atoms with E-state index in [1.165, 1.54) is 12.1 Å². The summed E-state index contributed by atoms with van der Waals surface area (Å²) in [5.41, 5.74) is 4.86. The van der Waals surface area contributed by atoms with E-state index in [0.717, 1.165) is 29.2 Å². The number of anilines is 1. The summed E-state index contributed by atoms with van der Waals surface area (Å²) < 4.78 is 20.7. The van der Waals surface area contributed by atoms with Crippen LogP contribution in [-0.2, 0) is 16.1 Å². The van der Waals surface area contributed by atoms with Crippen LogP contribution in [0.2, 0.25) is 0 Å². The number of nitrogens with one attached hydrogen (secondary N) is 2. The third-order valence-electron chi connectivity index (χ3n) is 6.36. The lowest BCUT2D eigenvalue weighted by atomic mass is 9.96. The molecule has 1 amide bonds. The Morgan fingerprint density at radius 3 is 2.66 bits per heavy atom. The molecule has 1 saturated heterocycles. The third-order valence-corrected chi connectivity index (χ3v) is 6.71. The number of carbonyl (C=O) groups excluding carboxylic acids is 1. The highest BCUT2D eigenvalue weighted by Gasteiger charge is 2.41. The minimum Gasteiger partial charge on any atom is -0.383 e. The standard InChI is InChI=1S/C26H30FN5O2S/c1-17-16-21(18(2)31(17)14-15-34-3)25-24(22-6-4-5-12-28-22)30-26(35)32(25)13-11-23(33)29-20-9-7-19(27)8-10-20/h4-10,12,16,24-25H,11,13-15H2,1-3H3,(H,29,33)(H,30,35)/t24-,25-/m1/s1. The predicted octanol–water partition coefficient (Wildman–Crippen LogP) is 4.29. The molecule has 3 aromatic rings. The van der Waals surface area contributed by atoms with Crippen molar-refractivity contribution in [1.82, 2.24) is 19.8 Å². The fourth-order valence-electron chi connectivity index (χ4n) is 4.62. The van der Waals surface area contributed by atoms with Crippen molar-refractivity contribution in [2.45, 2.75) is 38.9 Å². The van der Waals surface area contributed by atoms with E-state index in [0.29, 0.717) is 24.0 Å². The minimum atomic E-state index is -0.344. The molecule has 1 fully saturated rings. The Bertz CT molecular complexity index is 1180. The highest BCUT2D eigenvalue weighted by molar-refractivity contribution is 7.80. The predicted molar refractivity (Wildman–Crippen MR) is 138 cm³/mol. The van der Waals surface area contributed by atoms with Gasteiger partial charge in [0.25, 0.3) is 0 Å². The molecule has 0 unspecified atom stereocenters. The number of thiocarbonyl (C=S) groups is 1. The number of hydrogen-bond acceptors (Lipinski definition) is 4. The Kier molecular flexibility index (Phi) is 7.77. The topological polar surface area (TPSA) is 71.4 Å². The van der Waals surface area contributed by atoms with Gasteiger partial charge < -0.3 is 24.8 Å². The van der Waals surface area contributed by atoms with E-state index in [4.69, 9.17) is 17.0 Å². The second-order valence-corrected chi connectivity index (χ2v) is 8.98. The molecule has 9 heteroatoms. The molecule has 1 aromatic carbocycles. The van der Waals surface area contributed by atoms with Gasteiger partial charge in [-0.3, -0.25) is 9.78 Å². The molecular weight excluding hydrogens is 465 g/mol. The number of amides is 1. The molecule has 0 saturated carbocycles. The molecule has 0 aliphatic carbocycles. The summed E-state index contributed by atoms with van der Waals surface area (Å²) in [5.74, 6) is -0.506. The van der Waals surface area contributed by atoms with Crippen molar-refractivity contribution < 1.29 is 13.9 Å². The van der Waals surface area contributed by atoms with Crippen molar-refractivity contribution in [1.29, 1.82) is 0 Å².